The standard InChI is InChI=1S/C9H13NO2/c1-3-12-9(11)10-6-4-8(2)5-7-10/h4-6H,3,7H2,1-2H3. The van der Waals surface area contributed by atoms with Gasteiger partial charge in [-0.2, -0.15) is 0 Å². The SMILES string of the molecule is CCOC(=O)N1C=CC(C)=CC1. The van der Waals surface area contributed by atoms with Crippen LogP contribution in [0.2, 0.25) is 0 Å². The Labute approximate surface area is 72.3 Å². The number of carbonyl (C=O) groups is 1. The number of carbonyl (C=O) groups excluding carboxylic acids is 1. The molecule has 0 aromatic heterocycles. The molecule has 1 rings (SSSR count). The van der Waals surface area contributed by atoms with Crippen LogP contribution >= 0.6 is 0 Å². The summed E-state index contributed by atoms with van der Waals surface area (Å²) < 4.78 is 4.82. The Morgan fingerprint density at radius 2 is 2.50 bits per heavy atom. The summed E-state index contributed by atoms with van der Waals surface area (Å²) in [5.74, 6) is 0. The van der Waals surface area contributed by atoms with Gasteiger partial charge in [-0.3, -0.25) is 4.90 Å². The molecule has 1 aliphatic heterocycles. The van der Waals surface area contributed by atoms with Crippen LogP contribution < -0.4 is 0 Å². The Hall–Kier alpha value is -1.25. The first-order valence-electron chi connectivity index (χ1n) is 4.02. The van der Waals surface area contributed by atoms with Crippen LogP contribution in [0, 0.1) is 0 Å². The van der Waals surface area contributed by atoms with Crippen molar-refractivity contribution in [2.45, 2.75) is 13.8 Å². The van der Waals surface area contributed by atoms with Crippen molar-refractivity contribution < 1.29 is 9.53 Å². The van der Waals surface area contributed by atoms with Crippen molar-refractivity contribution in [1.29, 1.82) is 0 Å². The van der Waals surface area contributed by atoms with Gasteiger partial charge in [-0.15, -0.1) is 0 Å². The van der Waals surface area contributed by atoms with Gasteiger partial charge in [-0.05, 0) is 19.9 Å². The van der Waals surface area contributed by atoms with Crippen molar-refractivity contribution in [2.75, 3.05) is 13.2 Å². The van der Waals surface area contributed by atoms with Crippen LogP contribution in [0.25, 0.3) is 0 Å². The van der Waals surface area contributed by atoms with E-state index < -0.39 is 0 Å². The number of hydrogen-bond donors (Lipinski definition) is 0. The van der Waals surface area contributed by atoms with Gasteiger partial charge in [0, 0.05) is 12.7 Å². The van der Waals surface area contributed by atoms with Gasteiger partial charge in [-0.25, -0.2) is 4.79 Å². The van der Waals surface area contributed by atoms with Gasteiger partial charge in [0.2, 0.25) is 0 Å². The number of hydrogen-bond acceptors (Lipinski definition) is 2. The van der Waals surface area contributed by atoms with E-state index in [4.69, 9.17) is 4.74 Å². The van der Waals surface area contributed by atoms with Gasteiger partial charge < -0.3 is 4.74 Å². The molecule has 1 aliphatic rings. The maximum absolute atomic E-state index is 11.1. The highest BCUT2D eigenvalue weighted by molar-refractivity contribution is 5.69. The molecule has 12 heavy (non-hydrogen) atoms. The van der Waals surface area contributed by atoms with E-state index >= 15 is 0 Å². The monoisotopic (exact) mass is 167 g/mol. The van der Waals surface area contributed by atoms with Crippen LogP contribution in [0.5, 0.6) is 0 Å². The molecule has 0 saturated carbocycles. The molecule has 66 valence electrons. The van der Waals surface area contributed by atoms with E-state index in [9.17, 15) is 4.79 Å². The third-order valence-electron chi connectivity index (χ3n) is 1.63. The first-order valence-corrected chi connectivity index (χ1v) is 4.02. The van der Waals surface area contributed by atoms with E-state index in [-0.39, 0.29) is 6.09 Å². The molecule has 1 heterocycles. The molecular weight excluding hydrogens is 154 g/mol. The predicted molar refractivity (Wildman–Crippen MR) is 46.6 cm³/mol. The zero-order valence-electron chi connectivity index (χ0n) is 7.41. The molecule has 1 amide bonds. The molecule has 0 fully saturated rings. The summed E-state index contributed by atoms with van der Waals surface area (Å²) >= 11 is 0. The molecule has 0 N–H and O–H groups in total. The van der Waals surface area contributed by atoms with E-state index in [0.717, 1.165) is 0 Å². The molecule has 0 unspecified atom stereocenters. The molecule has 0 aromatic carbocycles. The maximum atomic E-state index is 11.1. The minimum absolute atomic E-state index is 0.280. The molecule has 0 saturated heterocycles. The maximum Gasteiger partial charge on any atom is 0.414 e. The van der Waals surface area contributed by atoms with Crippen LogP contribution in [0.4, 0.5) is 4.79 Å². The molecule has 3 nitrogen and oxygen atoms in total. The first kappa shape index (κ1) is 8.84. The zero-order valence-corrected chi connectivity index (χ0v) is 7.41. The summed E-state index contributed by atoms with van der Waals surface area (Å²) in [6, 6.07) is 0. The largest absolute Gasteiger partial charge is 0.449 e. The van der Waals surface area contributed by atoms with Gasteiger partial charge in [0.15, 0.2) is 0 Å². The van der Waals surface area contributed by atoms with Crippen LogP contribution in [0.3, 0.4) is 0 Å². The average Bonchev–Trinajstić information content (AvgIpc) is 2.06. The summed E-state index contributed by atoms with van der Waals surface area (Å²) in [5.41, 5.74) is 1.18. The minimum atomic E-state index is -0.280. The van der Waals surface area contributed by atoms with Crippen molar-refractivity contribution in [3.63, 3.8) is 0 Å². The summed E-state index contributed by atoms with van der Waals surface area (Å²) in [4.78, 5) is 12.7. The van der Waals surface area contributed by atoms with Gasteiger partial charge in [-0.1, -0.05) is 11.6 Å². The summed E-state index contributed by atoms with van der Waals surface area (Å²) in [5, 5.41) is 0. The van der Waals surface area contributed by atoms with Crippen LogP contribution in [0.1, 0.15) is 13.8 Å². The molecule has 0 bridgehead atoms. The highest BCUT2D eigenvalue weighted by atomic mass is 16.6. The quantitative estimate of drug-likeness (QED) is 0.597. The van der Waals surface area contributed by atoms with Crippen LogP contribution in [-0.2, 0) is 4.74 Å². The van der Waals surface area contributed by atoms with Crippen molar-refractivity contribution in [2.24, 2.45) is 0 Å². The fourth-order valence-corrected chi connectivity index (χ4v) is 0.921. The highest BCUT2D eigenvalue weighted by Gasteiger charge is 2.11. The third kappa shape index (κ3) is 2.12. The Bertz CT molecular complexity index is 231. The van der Waals surface area contributed by atoms with Crippen molar-refractivity contribution in [3.8, 4) is 0 Å². The van der Waals surface area contributed by atoms with Crippen molar-refractivity contribution in [1.82, 2.24) is 4.90 Å². The average molecular weight is 167 g/mol. The van der Waals surface area contributed by atoms with E-state index in [0.29, 0.717) is 13.2 Å². The Balaban J connectivity index is 2.47. The summed E-state index contributed by atoms with van der Waals surface area (Å²) in [6.45, 7) is 4.83. The minimum Gasteiger partial charge on any atom is -0.449 e. The lowest BCUT2D eigenvalue weighted by Crippen LogP contribution is -2.28. The van der Waals surface area contributed by atoms with Gasteiger partial charge >= 0.3 is 6.09 Å². The zero-order chi connectivity index (χ0) is 8.97. The Morgan fingerprint density at radius 3 is 3.00 bits per heavy atom. The number of nitrogens with zero attached hydrogens (tertiary/aromatic N) is 1. The van der Waals surface area contributed by atoms with E-state index in [2.05, 4.69) is 0 Å². The lowest BCUT2D eigenvalue weighted by Gasteiger charge is -2.18. The lowest BCUT2D eigenvalue weighted by atomic mass is 10.2. The number of ether oxygens (including phenoxy) is 1. The number of allylic oxidation sites excluding steroid dienone is 2. The van der Waals surface area contributed by atoms with Crippen LogP contribution in [0.15, 0.2) is 23.9 Å². The predicted octanol–water partition coefficient (Wildman–Crippen LogP) is 1.92. The fraction of sp³-hybridized carbons (Fsp3) is 0.444. The first-order chi connectivity index (χ1) is 5.74. The highest BCUT2D eigenvalue weighted by Crippen LogP contribution is 2.06. The fourth-order valence-electron chi connectivity index (χ4n) is 0.921. The summed E-state index contributed by atoms with van der Waals surface area (Å²) in [7, 11) is 0. The summed E-state index contributed by atoms with van der Waals surface area (Å²) in [6.07, 6.45) is 5.34. The topological polar surface area (TPSA) is 29.5 Å². The lowest BCUT2D eigenvalue weighted by molar-refractivity contribution is 0.125. The van der Waals surface area contributed by atoms with Crippen LogP contribution in [-0.4, -0.2) is 24.1 Å². The van der Waals surface area contributed by atoms with Crippen molar-refractivity contribution >= 4 is 6.09 Å². The molecule has 3 heteroatoms. The van der Waals surface area contributed by atoms with Gasteiger partial charge in [0.05, 0.1) is 6.61 Å². The normalized spacial score (nSPS) is 15.8. The van der Waals surface area contributed by atoms with E-state index in [1.807, 2.05) is 19.1 Å². The Kier molecular flexibility index (Phi) is 2.91. The number of rotatable bonds is 1. The molecule has 0 radical (unpaired) electrons. The smallest absolute Gasteiger partial charge is 0.414 e. The second kappa shape index (κ2) is 3.95. The number of amides is 1. The second-order valence-electron chi connectivity index (χ2n) is 2.62. The molecule has 0 atom stereocenters. The molecule has 0 spiro atoms. The van der Waals surface area contributed by atoms with Gasteiger partial charge in [0.25, 0.3) is 0 Å². The van der Waals surface area contributed by atoms with Gasteiger partial charge in [0.1, 0.15) is 0 Å². The molecule has 0 aromatic rings. The van der Waals surface area contributed by atoms with E-state index in [1.165, 1.54) is 10.5 Å². The van der Waals surface area contributed by atoms with E-state index in [1.54, 1.807) is 13.1 Å². The molecular formula is C9H13NO2. The Morgan fingerprint density at radius 1 is 1.75 bits per heavy atom. The second-order valence-corrected chi connectivity index (χ2v) is 2.62. The van der Waals surface area contributed by atoms with Crippen molar-refractivity contribution in [3.05, 3.63) is 23.9 Å². The molecule has 0 aliphatic carbocycles. The third-order valence-corrected chi connectivity index (χ3v) is 1.63.